The molecule has 1 aliphatic carbocycles. The van der Waals surface area contributed by atoms with E-state index in [1.54, 1.807) is 0 Å². The Morgan fingerprint density at radius 1 is 1.22 bits per heavy atom. The van der Waals surface area contributed by atoms with Crippen LogP contribution in [0, 0.1) is 17.6 Å². The summed E-state index contributed by atoms with van der Waals surface area (Å²) in [7, 11) is -3.66. The van der Waals surface area contributed by atoms with Crippen molar-refractivity contribution in [3.8, 4) is 0 Å². The average molecular weight is 347 g/mol. The Morgan fingerprint density at radius 3 is 2.65 bits per heavy atom. The quantitative estimate of drug-likeness (QED) is 0.745. The Labute approximate surface area is 136 Å². The van der Waals surface area contributed by atoms with Gasteiger partial charge in [-0.3, -0.25) is 0 Å². The molecule has 4 nitrogen and oxygen atoms in total. The highest BCUT2D eigenvalue weighted by atomic mass is 32.2. The molecule has 130 valence electrons. The van der Waals surface area contributed by atoms with Crippen LogP contribution in [0.3, 0.4) is 0 Å². The van der Waals surface area contributed by atoms with Crippen molar-refractivity contribution in [2.24, 2.45) is 5.92 Å². The van der Waals surface area contributed by atoms with E-state index < -0.39 is 27.4 Å². The third-order valence-electron chi connectivity index (χ3n) is 4.30. The fourth-order valence-electron chi connectivity index (χ4n) is 3.01. The number of hydrogen-bond acceptors (Lipinski definition) is 3. The number of hydrogen-bond donors (Lipinski definition) is 2. The van der Waals surface area contributed by atoms with Crippen molar-refractivity contribution in [3.05, 3.63) is 35.4 Å². The SMILES string of the molecule is O=S(=O)(Cc1ccc(F)cc1F)NCCC[C@@H]1CCCC[C@H]1O. The molecule has 0 heterocycles. The summed E-state index contributed by atoms with van der Waals surface area (Å²) in [5.41, 5.74) is -0.0541. The molecule has 7 heteroatoms. The van der Waals surface area contributed by atoms with Crippen LogP contribution in [0.5, 0.6) is 0 Å². The van der Waals surface area contributed by atoms with E-state index >= 15 is 0 Å². The zero-order valence-corrected chi connectivity index (χ0v) is 13.8. The van der Waals surface area contributed by atoms with Gasteiger partial charge in [-0.1, -0.05) is 18.9 Å². The average Bonchev–Trinajstić information content (AvgIpc) is 2.48. The molecule has 0 unspecified atom stereocenters. The van der Waals surface area contributed by atoms with Crippen molar-refractivity contribution >= 4 is 10.0 Å². The molecule has 1 aliphatic rings. The van der Waals surface area contributed by atoms with Crippen LogP contribution in [-0.2, 0) is 15.8 Å². The largest absolute Gasteiger partial charge is 0.393 e. The summed E-state index contributed by atoms with van der Waals surface area (Å²) in [6.07, 6.45) is 5.08. The van der Waals surface area contributed by atoms with Gasteiger partial charge in [-0.15, -0.1) is 0 Å². The van der Waals surface area contributed by atoms with E-state index in [1.165, 1.54) is 0 Å². The summed E-state index contributed by atoms with van der Waals surface area (Å²) in [4.78, 5) is 0. The molecule has 2 N–H and O–H groups in total. The second kappa shape index (κ2) is 8.17. The lowest BCUT2D eigenvalue weighted by Crippen LogP contribution is -2.29. The smallest absolute Gasteiger partial charge is 0.215 e. The maximum atomic E-state index is 13.5. The monoisotopic (exact) mass is 347 g/mol. The van der Waals surface area contributed by atoms with Crippen LogP contribution in [0.2, 0.25) is 0 Å². The van der Waals surface area contributed by atoms with Gasteiger partial charge >= 0.3 is 0 Å². The Kier molecular flexibility index (Phi) is 6.50. The molecule has 0 saturated heterocycles. The summed E-state index contributed by atoms with van der Waals surface area (Å²) >= 11 is 0. The number of aliphatic hydroxyl groups excluding tert-OH is 1. The summed E-state index contributed by atoms with van der Waals surface area (Å²) < 4.78 is 52.6. The van der Waals surface area contributed by atoms with E-state index in [0.29, 0.717) is 12.5 Å². The molecule has 0 bridgehead atoms. The van der Waals surface area contributed by atoms with Crippen LogP contribution in [0.15, 0.2) is 18.2 Å². The van der Waals surface area contributed by atoms with Gasteiger partial charge in [0.1, 0.15) is 11.6 Å². The topological polar surface area (TPSA) is 66.4 Å². The van der Waals surface area contributed by atoms with Crippen LogP contribution in [-0.4, -0.2) is 26.2 Å². The van der Waals surface area contributed by atoms with Gasteiger partial charge < -0.3 is 5.11 Å². The first-order valence-corrected chi connectivity index (χ1v) is 9.62. The lowest BCUT2D eigenvalue weighted by atomic mass is 9.84. The molecule has 0 radical (unpaired) electrons. The van der Waals surface area contributed by atoms with E-state index in [9.17, 15) is 22.3 Å². The molecule has 0 spiro atoms. The molecule has 1 aromatic carbocycles. The van der Waals surface area contributed by atoms with Crippen molar-refractivity contribution < 1.29 is 22.3 Å². The molecular formula is C16H23F2NO3S. The van der Waals surface area contributed by atoms with Gasteiger partial charge in [-0.25, -0.2) is 21.9 Å². The van der Waals surface area contributed by atoms with Gasteiger partial charge in [0.05, 0.1) is 11.9 Å². The maximum Gasteiger partial charge on any atom is 0.215 e. The first-order valence-electron chi connectivity index (χ1n) is 7.97. The summed E-state index contributed by atoms with van der Waals surface area (Å²) in [6, 6.07) is 2.86. The number of nitrogens with one attached hydrogen (secondary N) is 1. The van der Waals surface area contributed by atoms with E-state index in [2.05, 4.69) is 4.72 Å². The van der Waals surface area contributed by atoms with Crippen molar-refractivity contribution in [3.63, 3.8) is 0 Å². The van der Waals surface area contributed by atoms with E-state index in [4.69, 9.17) is 0 Å². The molecular weight excluding hydrogens is 324 g/mol. The molecule has 2 atom stereocenters. The van der Waals surface area contributed by atoms with Gasteiger partial charge in [0.15, 0.2) is 0 Å². The highest BCUT2D eigenvalue weighted by Crippen LogP contribution is 2.27. The lowest BCUT2D eigenvalue weighted by Gasteiger charge is -2.27. The Morgan fingerprint density at radius 2 is 1.96 bits per heavy atom. The Hall–Kier alpha value is -1.05. The summed E-state index contributed by atoms with van der Waals surface area (Å²) in [6.45, 7) is 0.258. The molecule has 0 amide bonds. The van der Waals surface area contributed by atoms with Crippen molar-refractivity contribution in [2.75, 3.05) is 6.54 Å². The van der Waals surface area contributed by atoms with Crippen LogP contribution < -0.4 is 4.72 Å². The van der Waals surface area contributed by atoms with Crippen LogP contribution in [0.25, 0.3) is 0 Å². The summed E-state index contributed by atoms with van der Waals surface area (Å²) in [5.74, 6) is -1.86. The summed E-state index contributed by atoms with van der Waals surface area (Å²) in [5, 5.41) is 9.86. The standard InChI is InChI=1S/C16H23F2NO3S/c17-14-8-7-13(15(18)10-14)11-23(21,22)19-9-3-5-12-4-1-2-6-16(12)20/h7-8,10,12,16,19-20H,1-6,9,11H2/t12-,16+/m0/s1. The van der Waals surface area contributed by atoms with Crippen molar-refractivity contribution in [2.45, 2.75) is 50.4 Å². The highest BCUT2D eigenvalue weighted by molar-refractivity contribution is 7.88. The van der Waals surface area contributed by atoms with Gasteiger partial charge in [0.2, 0.25) is 10.0 Å². The number of halogens is 2. The fraction of sp³-hybridized carbons (Fsp3) is 0.625. The minimum atomic E-state index is -3.66. The van der Waals surface area contributed by atoms with E-state index in [0.717, 1.165) is 44.2 Å². The first-order chi connectivity index (χ1) is 10.9. The third-order valence-corrected chi connectivity index (χ3v) is 5.64. The number of rotatable bonds is 7. The van der Waals surface area contributed by atoms with Gasteiger partial charge in [0, 0.05) is 18.2 Å². The number of aliphatic hydroxyl groups is 1. The first kappa shape index (κ1) is 18.3. The predicted octanol–water partition coefficient (Wildman–Crippen LogP) is 2.72. The third kappa shape index (κ3) is 5.82. The van der Waals surface area contributed by atoms with E-state index in [1.807, 2.05) is 0 Å². The maximum absolute atomic E-state index is 13.5. The van der Waals surface area contributed by atoms with Crippen molar-refractivity contribution in [1.82, 2.24) is 4.72 Å². The minimum Gasteiger partial charge on any atom is -0.393 e. The number of benzene rings is 1. The Bertz CT molecular complexity index is 622. The van der Waals surface area contributed by atoms with Crippen LogP contribution >= 0.6 is 0 Å². The van der Waals surface area contributed by atoms with Crippen LogP contribution in [0.1, 0.15) is 44.1 Å². The van der Waals surface area contributed by atoms with E-state index in [-0.39, 0.29) is 24.1 Å². The highest BCUT2D eigenvalue weighted by Gasteiger charge is 2.22. The molecule has 1 aromatic rings. The van der Waals surface area contributed by atoms with Gasteiger partial charge in [-0.2, -0.15) is 0 Å². The lowest BCUT2D eigenvalue weighted by molar-refractivity contribution is 0.0645. The zero-order chi connectivity index (χ0) is 16.9. The normalized spacial score (nSPS) is 22.2. The molecule has 23 heavy (non-hydrogen) atoms. The molecule has 1 fully saturated rings. The second-order valence-corrected chi connectivity index (χ2v) is 7.95. The van der Waals surface area contributed by atoms with Gasteiger partial charge in [0.25, 0.3) is 0 Å². The minimum absolute atomic E-state index is 0.0541. The number of sulfonamides is 1. The van der Waals surface area contributed by atoms with Gasteiger partial charge in [-0.05, 0) is 37.7 Å². The second-order valence-electron chi connectivity index (χ2n) is 6.14. The molecule has 1 saturated carbocycles. The molecule has 0 aromatic heterocycles. The fourth-order valence-corrected chi connectivity index (χ4v) is 4.21. The zero-order valence-electron chi connectivity index (χ0n) is 13.0. The van der Waals surface area contributed by atoms with Crippen LogP contribution in [0.4, 0.5) is 8.78 Å². The molecule has 2 rings (SSSR count). The predicted molar refractivity (Wildman–Crippen MR) is 84.2 cm³/mol. The molecule has 0 aliphatic heterocycles. The van der Waals surface area contributed by atoms with Crippen molar-refractivity contribution in [1.29, 1.82) is 0 Å². The Balaban J connectivity index is 1.77.